The molecule has 1 aromatic carbocycles. The van der Waals surface area contributed by atoms with Crippen LogP contribution in [0.4, 0.5) is 0 Å². The van der Waals surface area contributed by atoms with Gasteiger partial charge in [0.15, 0.2) is 11.5 Å². The molecule has 0 spiro atoms. The Labute approximate surface area is 145 Å². The smallest absolute Gasteiger partial charge is 0.310 e. The molecule has 23 heavy (non-hydrogen) atoms. The van der Waals surface area contributed by atoms with Gasteiger partial charge in [0, 0.05) is 17.6 Å². The number of halogens is 1. The van der Waals surface area contributed by atoms with Crippen molar-refractivity contribution in [2.45, 2.75) is 26.3 Å². The van der Waals surface area contributed by atoms with Crippen LogP contribution in [0.5, 0.6) is 11.5 Å². The zero-order valence-electron chi connectivity index (χ0n) is 13.3. The summed E-state index contributed by atoms with van der Waals surface area (Å²) in [5.74, 6) is 1.50. The first-order valence-corrected chi connectivity index (χ1v) is 8.93. The zero-order chi connectivity index (χ0) is 16.2. The summed E-state index contributed by atoms with van der Waals surface area (Å²) in [6.07, 6.45) is 1.93. The van der Waals surface area contributed by atoms with Crippen molar-refractivity contribution in [3.05, 3.63) is 22.2 Å². The van der Waals surface area contributed by atoms with Gasteiger partial charge in [-0.15, -0.1) is 0 Å². The number of carbonyl (C=O) groups is 1. The van der Waals surface area contributed by atoms with E-state index in [9.17, 15) is 4.79 Å². The Kier molecular flexibility index (Phi) is 5.43. The number of likely N-dealkylation sites (tertiary alicyclic amines) is 1. The van der Waals surface area contributed by atoms with E-state index >= 15 is 0 Å². The molecule has 1 aromatic rings. The SMILES string of the molecule is CCOC(=O)C1CCCN(Cc2cc3c(cc2Br)OCCO3)C1. The molecule has 1 fully saturated rings. The Morgan fingerprint density at radius 3 is 2.83 bits per heavy atom. The highest BCUT2D eigenvalue weighted by atomic mass is 79.9. The molecule has 1 saturated heterocycles. The number of benzene rings is 1. The molecule has 2 aliphatic heterocycles. The lowest BCUT2D eigenvalue weighted by atomic mass is 9.97. The molecule has 0 N–H and O–H groups in total. The highest BCUT2D eigenvalue weighted by Crippen LogP contribution is 2.36. The van der Waals surface area contributed by atoms with Gasteiger partial charge in [0.25, 0.3) is 0 Å². The van der Waals surface area contributed by atoms with Crippen molar-refractivity contribution in [3.63, 3.8) is 0 Å². The predicted molar refractivity (Wildman–Crippen MR) is 89.8 cm³/mol. The third-order valence-corrected chi connectivity index (χ3v) is 4.97. The summed E-state index contributed by atoms with van der Waals surface area (Å²) in [4.78, 5) is 14.3. The number of piperidine rings is 1. The standard InChI is InChI=1S/C17H22BrNO4/c1-2-21-17(20)12-4-3-5-19(10-12)11-13-8-15-16(9-14(13)18)23-7-6-22-15/h8-9,12H,2-7,10-11H2,1H3. The Hall–Kier alpha value is -1.27. The molecule has 6 heteroatoms. The van der Waals surface area contributed by atoms with Crippen LogP contribution in [0, 0.1) is 5.92 Å². The molecule has 0 bridgehead atoms. The third kappa shape index (κ3) is 3.98. The van der Waals surface area contributed by atoms with E-state index in [2.05, 4.69) is 20.8 Å². The molecule has 0 saturated carbocycles. The van der Waals surface area contributed by atoms with E-state index < -0.39 is 0 Å². The predicted octanol–water partition coefficient (Wildman–Crippen LogP) is 3.00. The number of rotatable bonds is 4. The Morgan fingerprint density at radius 1 is 1.35 bits per heavy atom. The van der Waals surface area contributed by atoms with Gasteiger partial charge in [0.1, 0.15) is 13.2 Å². The van der Waals surface area contributed by atoms with Crippen LogP contribution >= 0.6 is 15.9 Å². The molecule has 2 heterocycles. The first kappa shape index (κ1) is 16.6. The molecule has 2 aliphatic rings. The number of hydrogen-bond acceptors (Lipinski definition) is 5. The molecule has 0 aromatic heterocycles. The third-order valence-electron chi connectivity index (χ3n) is 4.23. The second kappa shape index (κ2) is 7.53. The largest absolute Gasteiger partial charge is 0.486 e. The van der Waals surface area contributed by atoms with Gasteiger partial charge in [0.2, 0.25) is 0 Å². The van der Waals surface area contributed by atoms with Crippen molar-refractivity contribution >= 4 is 21.9 Å². The highest BCUT2D eigenvalue weighted by molar-refractivity contribution is 9.10. The van der Waals surface area contributed by atoms with Crippen molar-refractivity contribution in [1.29, 1.82) is 0 Å². The molecule has 0 amide bonds. The van der Waals surface area contributed by atoms with E-state index in [1.54, 1.807) is 0 Å². The number of hydrogen-bond donors (Lipinski definition) is 0. The average Bonchev–Trinajstić information content (AvgIpc) is 2.56. The summed E-state index contributed by atoms with van der Waals surface area (Å²) in [7, 11) is 0. The fourth-order valence-electron chi connectivity index (χ4n) is 3.12. The number of carbonyl (C=O) groups excluding carboxylic acids is 1. The van der Waals surface area contributed by atoms with E-state index in [0.29, 0.717) is 19.8 Å². The summed E-state index contributed by atoms with van der Waals surface area (Å²) >= 11 is 3.62. The summed E-state index contributed by atoms with van der Waals surface area (Å²) < 4.78 is 17.4. The van der Waals surface area contributed by atoms with Crippen LogP contribution < -0.4 is 9.47 Å². The van der Waals surface area contributed by atoms with Gasteiger partial charge in [-0.3, -0.25) is 9.69 Å². The van der Waals surface area contributed by atoms with E-state index in [1.165, 1.54) is 0 Å². The van der Waals surface area contributed by atoms with Crippen LogP contribution in [0.2, 0.25) is 0 Å². The van der Waals surface area contributed by atoms with Crippen molar-refractivity contribution in [2.24, 2.45) is 5.92 Å². The first-order chi connectivity index (χ1) is 11.2. The lowest BCUT2D eigenvalue weighted by Crippen LogP contribution is -2.39. The molecular weight excluding hydrogens is 362 g/mol. The zero-order valence-corrected chi connectivity index (χ0v) is 14.9. The van der Waals surface area contributed by atoms with Gasteiger partial charge >= 0.3 is 5.97 Å². The molecule has 5 nitrogen and oxygen atoms in total. The van der Waals surface area contributed by atoms with Crippen LogP contribution in [-0.4, -0.2) is 43.8 Å². The lowest BCUT2D eigenvalue weighted by molar-refractivity contribution is -0.150. The topological polar surface area (TPSA) is 48.0 Å². The molecular formula is C17H22BrNO4. The Morgan fingerprint density at radius 2 is 2.09 bits per heavy atom. The van der Waals surface area contributed by atoms with E-state index in [0.717, 1.165) is 54.0 Å². The minimum Gasteiger partial charge on any atom is -0.486 e. The average molecular weight is 384 g/mol. The lowest BCUT2D eigenvalue weighted by Gasteiger charge is -2.32. The number of ether oxygens (including phenoxy) is 3. The molecule has 0 aliphatic carbocycles. The van der Waals surface area contributed by atoms with Gasteiger partial charge in [0.05, 0.1) is 12.5 Å². The quantitative estimate of drug-likeness (QED) is 0.747. The maximum absolute atomic E-state index is 12.0. The summed E-state index contributed by atoms with van der Waals surface area (Å²) in [6.45, 7) is 6.01. The minimum absolute atomic E-state index is 0.0142. The summed E-state index contributed by atoms with van der Waals surface area (Å²) in [6, 6.07) is 4.00. The number of fused-ring (bicyclic) bond motifs is 1. The second-order valence-electron chi connectivity index (χ2n) is 5.91. The van der Waals surface area contributed by atoms with E-state index in [-0.39, 0.29) is 11.9 Å². The molecule has 126 valence electrons. The van der Waals surface area contributed by atoms with Crippen molar-refractivity contribution in [3.8, 4) is 11.5 Å². The fraction of sp³-hybridized carbons (Fsp3) is 0.588. The van der Waals surface area contributed by atoms with Crippen molar-refractivity contribution < 1.29 is 19.0 Å². The molecule has 1 unspecified atom stereocenters. The Bertz CT molecular complexity index is 578. The van der Waals surface area contributed by atoms with Gasteiger partial charge < -0.3 is 14.2 Å². The molecule has 3 rings (SSSR count). The normalized spacial score (nSPS) is 21.0. The second-order valence-corrected chi connectivity index (χ2v) is 6.77. The van der Waals surface area contributed by atoms with Crippen LogP contribution in [0.3, 0.4) is 0 Å². The van der Waals surface area contributed by atoms with Gasteiger partial charge in [-0.1, -0.05) is 15.9 Å². The minimum atomic E-state index is -0.0709. The summed E-state index contributed by atoms with van der Waals surface area (Å²) in [5.41, 5.74) is 1.15. The maximum Gasteiger partial charge on any atom is 0.310 e. The van der Waals surface area contributed by atoms with E-state index in [4.69, 9.17) is 14.2 Å². The molecule has 0 radical (unpaired) electrons. The van der Waals surface area contributed by atoms with Gasteiger partial charge in [-0.05, 0) is 44.0 Å². The Balaban J connectivity index is 1.68. The van der Waals surface area contributed by atoms with Crippen LogP contribution in [0.25, 0.3) is 0 Å². The highest BCUT2D eigenvalue weighted by Gasteiger charge is 2.27. The number of nitrogens with zero attached hydrogens (tertiary/aromatic N) is 1. The monoisotopic (exact) mass is 383 g/mol. The van der Waals surface area contributed by atoms with Crippen LogP contribution in [0.15, 0.2) is 16.6 Å². The van der Waals surface area contributed by atoms with Gasteiger partial charge in [-0.25, -0.2) is 0 Å². The maximum atomic E-state index is 12.0. The van der Waals surface area contributed by atoms with Crippen LogP contribution in [-0.2, 0) is 16.1 Å². The first-order valence-electron chi connectivity index (χ1n) is 8.14. The number of esters is 1. The summed E-state index contributed by atoms with van der Waals surface area (Å²) in [5, 5.41) is 0. The van der Waals surface area contributed by atoms with Crippen LogP contribution in [0.1, 0.15) is 25.3 Å². The molecule has 1 atom stereocenters. The van der Waals surface area contributed by atoms with Gasteiger partial charge in [-0.2, -0.15) is 0 Å². The van der Waals surface area contributed by atoms with Crippen molar-refractivity contribution in [1.82, 2.24) is 4.90 Å². The fourth-order valence-corrected chi connectivity index (χ4v) is 3.57. The van der Waals surface area contributed by atoms with Crippen molar-refractivity contribution in [2.75, 3.05) is 32.9 Å². The van der Waals surface area contributed by atoms with E-state index in [1.807, 2.05) is 19.1 Å².